The van der Waals surface area contributed by atoms with Gasteiger partial charge in [0, 0.05) is 11.6 Å². The number of benzene rings is 1. The minimum atomic E-state index is -0.943. The largest absolute Gasteiger partial charge is 0.394 e. The highest BCUT2D eigenvalue weighted by atomic mass is 19.2. The zero-order chi connectivity index (χ0) is 14.6. The fraction of sp³-hybridized carbons (Fsp3) is 0.625. The van der Waals surface area contributed by atoms with Gasteiger partial charge in [-0.1, -0.05) is 37.8 Å². The summed E-state index contributed by atoms with van der Waals surface area (Å²) in [7, 11) is 0. The molecule has 1 aromatic rings. The lowest BCUT2D eigenvalue weighted by atomic mass is 9.90. The first-order chi connectivity index (χ1) is 9.57. The Kier molecular flexibility index (Phi) is 5.11. The molecular weight excluding hydrogens is 260 g/mol. The van der Waals surface area contributed by atoms with Crippen molar-refractivity contribution >= 4 is 0 Å². The lowest BCUT2D eigenvalue weighted by Gasteiger charge is -2.34. The van der Waals surface area contributed by atoms with Crippen LogP contribution in [0.5, 0.6) is 0 Å². The van der Waals surface area contributed by atoms with Crippen LogP contribution in [0.3, 0.4) is 0 Å². The standard InChI is InChI=1S/C16H23F2NO/c1-16(11-20,13-9-6-10-14(17)15(13)18)19-12-7-4-2-3-5-8-12/h6,9-10,12,19-20H,2-5,7-8,11H2,1H3. The van der Waals surface area contributed by atoms with Crippen LogP contribution in [0.1, 0.15) is 51.0 Å². The second kappa shape index (κ2) is 6.64. The molecule has 112 valence electrons. The summed E-state index contributed by atoms with van der Waals surface area (Å²) in [4.78, 5) is 0. The van der Waals surface area contributed by atoms with Crippen LogP contribution >= 0.6 is 0 Å². The number of aliphatic hydroxyl groups excluding tert-OH is 1. The van der Waals surface area contributed by atoms with Crippen LogP contribution in [0.15, 0.2) is 18.2 Å². The molecular formula is C16H23F2NO. The smallest absolute Gasteiger partial charge is 0.163 e. The van der Waals surface area contributed by atoms with Crippen molar-refractivity contribution in [1.82, 2.24) is 5.32 Å². The minimum absolute atomic E-state index is 0.198. The van der Waals surface area contributed by atoms with Gasteiger partial charge in [-0.05, 0) is 25.8 Å². The van der Waals surface area contributed by atoms with Crippen LogP contribution in [0, 0.1) is 11.6 Å². The zero-order valence-corrected chi connectivity index (χ0v) is 12.0. The van der Waals surface area contributed by atoms with Gasteiger partial charge < -0.3 is 10.4 Å². The first-order valence-electron chi connectivity index (χ1n) is 7.40. The molecule has 2 rings (SSSR count). The number of halogens is 2. The first kappa shape index (κ1) is 15.4. The molecule has 1 atom stereocenters. The van der Waals surface area contributed by atoms with Crippen molar-refractivity contribution in [2.24, 2.45) is 0 Å². The number of hydrogen-bond acceptors (Lipinski definition) is 2. The van der Waals surface area contributed by atoms with Gasteiger partial charge in [0.25, 0.3) is 0 Å². The first-order valence-corrected chi connectivity index (χ1v) is 7.40. The van der Waals surface area contributed by atoms with E-state index < -0.39 is 17.2 Å². The van der Waals surface area contributed by atoms with Gasteiger partial charge in [-0.15, -0.1) is 0 Å². The maximum Gasteiger partial charge on any atom is 0.163 e. The van der Waals surface area contributed by atoms with Crippen LogP contribution < -0.4 is 5.32 Å². The third-order valence-electron chi connectivity index (χ3n) is 4.24. The third-order valence-corrected chi connectivity index (χ3v) is 4.24. The van der Waals surface area contributed by atoms with E-state index in [9.17, 15) is 13.9 Å². The van der Waals surface area contributed by atoms with Crippen molar-refractivity contribution in [3.8, 4) is 0 Å². The summed E-state index contributed by atoms with van der Waals surface area (Å²) >= 11 is 0. The van der Waals surface area contributed by atoms with E-state index in [4.69, 9.17) is 0 Å². The highest BCUT2D eigenvalue weighted by Crippen LogP contribution is 2.28. The van der Waals surface area contributed by atoms with E-state index in [1.54, 1.807) is 13.0 Å². The number of nitrogens with one attached hydrogen (secondary N) is 1. The summed E-state index contributed by atoms with van der Waals surface area (Å²) in [5.41, 5.74) is -0.745. The molecule has 1 aliphatic carbocycles. The Hall–Kier alpha value is -1.00. The quantitative estimate of drug-likeness (QED) is 0.829. The summed E-state index contributed by atoms with van der Waals surface area (Å²) in [5, 5.41) is 13.1. The molecule has 0 aliphatic heterocycles. The molecule has 0 spiro atoms. The molecule has 2 nitrogen and oxygen atoms in total. The molecule has 0 radical (unpaired) electrons. The zero-order valence-electron chi connectivity index (χ0n) is 12.0. The van der Waals surface area contributed by atoms with E-state index in [1.807, 2.05) is 0 Å². The molecule has 0 bridgehead atoms. The van der Waals surface area contributed by atoms with Gasteiger partial charge in [-0.25, -0.2) is 8.78 Å². The van der Waals surface area contributed by atoms with E-state index >= 15 is 0 Å². The van der Waals surface area contributed by atoms with Crippen molar-refractivity contribution in [2.45, 2.75) is 57.0 Å². The molecule has 0 aromatic heterocycles. The summed E-state index contributed by atoms with van der Waals surface area (Å²) in [5.74, 6) is -1.74. The van der Waals surface area contributed by atoms with Crippen molar-refractivity contribution in [2.75, 3.05) is 6.61 Å². The highest BCUT2D eigenvalue weighted by Gasteiger charge is 2.32. The Morgan fingerprint density at radius 1 is 1.20 bits per heavy atom. The Balaban J connectivity index is 2.21. The van der Waals surface area contributed by atoms with Crippen LogP contribution in [-0.4, -0.2) is 17.8 Å². The number of rotatable bonds is 4. The molecule has 1 saturated carbocycles. The summed E-state index contributed by atoms with van der Waals surface area (Å²) in [6.07, 6.45) is 6.78. The monoisotopic (exact) mass is 283 g/mol. The third kappa shape index (κ3) is 3.36. The van der Waals surface area contributed by atoms with Crippen molar-refractivity contribution in [1.29, 1.82) is 0 Å². The normalized spacial score (nSPS) is 20.4. The lowest BCUT2D eigenvalue weighted by Crippen LogP contribution is -2.49. The lowest BCUT2D eigenvalue weighted by molar-refractivity contribution is 0.152. The second-order valence-corrected chi connectivity index (χ2v) is 5.92. The minimum Gasteiger partial charge on any atom is -0.394 e. The fourth-order valence-electron chi connectivity index (χ4n) is 3.01. The Morgan fingerprint density at radius 2 is 1.85 bits per heavy atom. The van der Waals surface area contributed by atoms with Crippen LogP contribution in [0.2, 0.25) is 0 Å². The summed E-state index contributed by atoms with van der Waals surface area (Å²) in [6.45, 7) is 1.47. The molecule has 2 N–H and O–H groups in total. The van der Waals surface area contributed by atoms with Gasteiger partial charge in [0.15, 0.2) is 11.6 Å². The molecule has 1 unspecified atom stereocenters. The van der Waals surface area contributed by atoms with Gasteiger partial charge >= 0.3 is 0 Å². The maximum atomic E-state index is 14.0. The van der Waals surface area contributed by atoms with Gasteiger partial charge in [0.2, 0.25) is 0 Å². The van der Waals surface area contributed by atoms with Gasteiger partial charge in [0.1, 0.15) is 0 Å². The van der Waals surface area contributed by atoms with E-state index in [-0.39, 0.29) is 18.2 Å². The van der Waals surface area contributed by atoms with Crippen molar-refractivity contribution in [3.63, 3.8) is 0 Å². The fourth-order valence-corrected chi connectivity index (χ4v) is 3.01. The average molecular weight is 283 g/mol. The predicted octanol–water partition coefficient (Wildman–Crippen LogP) is 3.48. The average Bonchev–Trinajstić information content (AvgIpc) is 2.70. The number of aliphatic hydroxyl groups is 1. The van der Waals surface area contributed by atoms with Crippen molar-refractivity contribution < 1.29 is 13.9 Å². The van der Waals surface area contributed by atoms with Gasteiger partial charge in [0.05, 0.1) is 12.1 Å². The van der Waals surface area contributed by atoms with Gasteiger partial charge in [-0.3, -0.25) is 0 Å². The molecule has 1 aliphatic rings. The van der Waals surface area contributed by atoms with Gasteiger partial charge in [-0.2, -0.15) is 0 Å². The molecule has 1 fully saturated rings. The SMILES string of the molecule is CC(CO)(NC1CCCCCC1)c1cccc(F)c1F. The molecule has 20 heavy (non-hydrogen) atoms. The van der Waals surface area contributed by atoms with E-state index in [1.165, 1.54) is 18.9 Å². The Bertz CT molecular complexity index is 444. The Labute approximate surface area is 119 Å². The van der Waals surface area contributed by atoms with E-state index in [0.29, 0.717) is 0 Å². The molecule has 0 saturated heterocycles. The van der Waals surface area contributed by atoms with E-state index in [2.05, 4.69) is 5.32 Å². The van der Waals surface area contributed by atoms with Crippen molar-refractivity contribution in [3.05, 3.63) is 35.4 Å². The molecule has 0 heterocycles. The predicted molar refractivity (Wildman–Crippen MR) is 75.4 cm³/mol. The summed E-state index contributed by atoms with van der Waals surface area (Å²) in [6, 6.07) is 4.37. The second-order valence-electron chi connectivity index (χ2n) is 5.92. The number of hydrogen-bond donors (Lipinski definition) is 2. The summed E-state index contributed by atoms with van der Waals surface area (Å²) < 4.78 is 27.4. The molecule has 1 aromatic carbocycles. The topological polar surface area (TPSA) is 32.3 Å². The molecule has 4 heteroatoms. The van der Waals surface area contributed by atoms with Crippen LogP contribution in [-0.2, 0) is 5.54 Å². The highest BCUT2D eigenvalue weighted by molar-refractivity contribution is 5.27. The maximum absolute atomic E-state index is 14.0. The van der Waals surface area contributed by atoms with Crippen LogP contribution in [0.4, 0.5) is 8.78 Å². The van der Waals surface area contributed by atoms with Crippen LogP contribution in [0.25, 0.3) is 0 Å². The van der Waals surface area contributed by atoms with E-state index in [0.717, 1.165) is 31.7 Å². The Morgan fingerprint density at radius 3 is 2.45 bits per heavy atom. The molecule has 0 amide bonds.